The van der Waals surface area contributed by atoms with Gasteiger partial charge < -0.3 is 4.74 Å². The molecule has 0 unspecified atom stereocenters. The van der Waals surface area contributed by atoms with E-state index in [9.17, 15) is 9.00 Å². The van der Waals surface area contributed by atoms with Crippen molar-refractivity contribution < 1.29 is 13.7 Å². The first-order valence-electron chi connectivity index (χ1n) is 3.97. The van der Waals surface area contributed by atoms with Crippen LogP contribution in [0.25, 0.3) is 0 Å². The Balaban J connectivity index is 2.75. The number of amides is 1. The van der Waals surface area contributed by atoms with Gasteiger partial charge in [-0.25, -0.2) is 9.00 Å². The molecule has 1 heterocycles. The monoisotopic (exact) mass is 191 g/mol. The lowest BCUT2D eigenvalue weighted by atomic mass is 10.3. The number of hydrogen-bond donors (Lipinski definition) is 0. The lowest BCUT2D eigenvalue weighted by Crippen LogP contribution is -2.17. The van der Waals surface area contributed by atoms with Gasteiger partial charge in [-0.3, -0.25) is 0 Å². The molecule has 0 aromatic carbocycles. The number of hydrogen-bond acceptors (Lipinski definition) is 3. The fraction of sp³-hybridized carbons (Fsp3) is 0.857. The standard InChI is InChI=1S/C7H13NO3S/c1-11-7(9)8-12(10)5-3-2-4-6-12/h2-6H2,1H3. The molecular formula is C7H13NO3S. The molecule has 0 atom stereocenters. The smallest absolute Gasteiger partial charge is 0.441 e. The van der Waals surface area contributed by atoms with Gasteiger partial charge in [0, 0.05) is 11.5 Å². The molecule has 5 heteroatoms. The molecule has 0 N–H and O–H groups in total. The summed E-state index contributed by atoms with van der Waals surface area (Å²) in [6.07, 6.45) is 2.19. The van der Waals surface area contributed by atoms with Crippen LogP contribution in [-0.4, -0.2) is 28.9 Å². The minimum atomic E-state index is -2.25. The van der Waals surface area contributed by atoms with Crippen LogP contribution in [0.1, 0.15) is 19.3 Å². The van der Waals surface area contributed by atoms with Crippen molar-refractivity contribution in [2.24, 2.45) is 4.36 Å². The molecule has 1 amide bonds. The van der Waals surface area contributed by atoms with Gasteiger partial charge in [0.15, 0.2) is 0 Å². The van der Waals surface area contributed by atoms with Crippen molar-refractivity contribution >= 4 is 15.8 Å². The van der Waals surface area contributed by atoms with E-state index < -0.39 is 15.8 Å². The van der Waals surface area contributed by atoms with E-state index in [2.05, 4.69) is 9.10 Å². The molecule has 1 fully saturated rings. The Morgan fingerprint density at radius 2 is 1.92 bits per heavy atom. The van der Waals surface area contributed by atoms with Crippen LogP contribution in [0.4, 0.5) is 4.79 Å². The van der Waals surface area contributed by atoms with E-state index >= 15 is 0 Å². The van der Waals surface area contributed by atoms with Crippen molar-refractivity contribution in [2.45, 2.75) is 19.3 Å². The average Bonchev–Trinajstić information content (AvgIpc) is 2.05. The molecule has 0 aliphatic carbocycles. The van der Waals surface area contributed by atoms with Gasteiger partial charge in [0.25, 0.3) is 0 Å². The molecule has 0 saturated carbocycles. The van der Waals surface area contributed by atoms with Crippen LogP contribution in [0.3, 0.4) is 0 Å². The van der Waals surface area contributed by atoms with Crippen LogP contribution in [0.5, 0.6) is 0 Å². The van der Waals surface area contributed by atoms with Gasteiger partial charge in [0.05, 0.1) is 16.8 Å². The zero-order valence-electron chi connectivity index (χ0n) is 7.12. The number of methoxy groups -OCH3 is 1. The van der Waals surface area contributed by atoms with Gasteiger partial charge in [-0.05, 0) is 12.8 Å². The summed E-state index contributed by atoms with van der Waals surface area (Å²) in [5, 5.41) is 0. The van der Waals surface area contributed by atoms with E-state index in [1.54, 1.807) is 0 Å². The Morgan fingerprint density at radius 1 is 1.33 bits per heavy atom. The lowest BCUT2D eigenvalue weighted by molar-refractivity contribution is 0.183. The summed E-state index contributed by atoms with van der Waals surface area (Å²) in [6.45, 7) is 0. The first-order valence-corrected chi connectivity index (χ1v) is 5.82. The van der Waals surface area contributed by atoms with E-state index in [1.165, 1.54) is 7.11 Å². The molecule has 1 aliphatic rings. The SMILES string of the molecule is COC(=O)N=S1(=O)CCCCC1. The summed E-state index contributed by atoms with van der Waals surface area (Å²) < 4.78 is 19.6. The fourth-order valence-corrected chi connectivity index (χ4v) is 3.24. The Hall–Kier alpha value is -0.580. The van der Waals surface area contributed by atoms with Crippen LogP contribution in [0.2, 0.25) is 0 Å². The quantitative estimate of drug-likeness (QED) is 0.581. The molecule has 0 bridgehead atoms. The molecule has 1 aliphatic heterocycles. The van der Waals surface area contributed by atoms with Crippen molar-refractivity contribution in [2.75, 3.05) is 18.6 Å². The maximum absolute atomic E-state index is 11.7. The number of rotatable bonds is 0. The molecule has 0 spiro atoms. The van der Waals surface area contributed by atoms with E-state index in [0.717, 1.165) is 19.3 Å². The highest BCUT2D eigenvalue weighted by molar-refractivity contribution is 7.93. The Bertz CT molecular complexity index is 266. The highest BCUT2D eigenvalue weighted by atomic mass is 32.2. The molecule has 70 valence electrons. The Labute approximate surface area is 72.5 Å². The van der Waals surface area contributed by atoms with Gasteiger partial charge in [0.2, 0.25) is 0 Å². The van der Waals surface area contributed by atoms with E-state index in [1.807, 2.05) is 0 Å². The summed E-state index contributed by atoms with van der Waals surface area (Å²) in [6, 6.07) is 0. The number of carbonyl (C=O) groups excluding carboxylic acids is 1. The molecule has 0 aromatic heterocycles. The second-order valence-corrected chi connectivity index (χ2v) is 5.35. The van der Waals surface area contributed by atoms with Crippen LogP contribution in [0, 0.1) is 0 Å². The zero-order valence-corrected chi connectivity index (χ0v) is 7.93. The number of ether oxygens (including phenoxy) is 1. The molecule has 1 rings (SSSR count). The molecule has 12 heavy (non-hydrogen) atoms. The van der Waals surface area contributed by atoms with Crippen molar-refractivity contribution in [3.8, 4) is 0 Å². The molecule has 0 radical (unpaired) electrons. The molecular weight excluding hydrogens is 178 g/mol. The van der Waals surface area contributed by atoms with E-state index in [0.29, 0.717) is 11.5 Å². The fourth-order valence-electron chi connectivity index (χ4n) is 1.20. The summed E-state index contributed by atoms with van der Waals surface area (Å²) in [5.74, 6) is 1.09. The van der Waals surface area contributed by atoms with Crippen molar-refractivity contribution in [1.29, 1.82) is 0 Å². The number of carbonyl (C=O) groups is 1. The average molecular weight is 191 g/mol. The number of nitrogens with zero attached hydrogens (tertiary/aromatic N) is 1. The maximum Gasteiger partial charge on any atom is 0.441 e. The second-order valence-electron chi connectivity index (χ2n) is 2.80. The minimum Gasteiger partial charge on any atom is -0.451 e. The third-order valence-electron chi connectivity index (χ3n) is 1.84. The zero-order chi connectivity index (χ0) is 9.03. The van der Waals surface area contributed by atoms with E-state index in [-0.39, 0.29) is 0 Å². The van der Waals surface area contributed by atoms with Crippen molar-refractivity contribution in [3.05, 3.63) is 0 Å². The Kier molecular flexibility index (Phi) is 3.08. The van der Waals surface area contributed by atoms with Crippen LogP contribution in [-0.2, 0) is 14.5 Å². The minimum absolute atomic E-state index is 0.544. The van der Waals surface area contributed by atoms with Crippen LogP contribution < -0.4 is 0 Å². The van der Waals surface area contributed by atoms with Crippen LogP contribution >= 0.6 is 0 Å². The van der Waals surface area contributed by atoms with Crippen LogP contribution in [0.15, 0.2) is 4.36 Å². The topological polar surface area (TPSA) is 55.7 Å². The largest absolute Gasteiger partial charge is 0.451 e. The summed E-state index contributed by atoms with van der Waals surface area (Å²) >= 11 is 0. The van der Waals surface area contributed by atoms with Gasteiger partial charge in [-0.2, -0.15) is 0 Å². The third-order valence-corrected chi connectivity index (χ3v) is 4.18. The van der Waals surface area contributed by atoms with Crippen molar-refractivity contribution in [1.82, 2.24) is 0 Å². The summed E-state index contributed by atoms with van der Waals surface area (Å²) in [4.78, 5) is 10.7. The highest BCUT2D eigenvalue weighted by Crippen LogP contribution is 2.13. The summed E-state index contributed by atoms with van der Waals surface area (Å²) in [7, 11) is -1.00. The van der Waals surface area contributed by atoms with Gasteiger partial charge in [-0.15, -0.1) is 4.36 Å². The predicted octanol–water partition coefficient (Wildman–Crippen LogP) is 1.40. The predicted molar refractivity (Wildman–Crippen MR) is 46.6 cm³/mol. The van der Waals surface area contributed by atoms with Gasteiger partial charge in [0.1, 0.15) is 0 Å². The molecule has 4 nitrogen and oxygen atoms in total. The van der Waals surface area contributed by atoms with E-state index in [4.69, 9.17) is 0 Å². The first-order chi connectivity index (χ1) is 5.66. The molecule has 0 aromatic rings. The Morgan fingerprint density at radius 3 is 2.42 bits per heavy atom. The lowest BCUT2D eigenvalue weighted by Gasteiger charge is -2.13. The van der Waals surface area contributed by atoms with Gasteiger partial charge >= 0.3 is 6.09 Å². The normalized spacial score (nSPS) is 21.4. The van der Waals surface area contributed by atoms with Crippen molar-refractivity contribution in [3.63, 3.8) is 0 Å². The first kappa shape index (κ1) is 9.51. The molecule has 1 saturated heterocycles. The second kappa shape index (κ2) is 3.89. The van der Waals surface area contributed by atoms with Gasteiger partial charge in [-0.1, -0.05) is 6.42 Å². The third kappa shape index (κ3) is 2.48. The highest BCUT2D eigenvalue weighted by Gasteiger charge is 2.16. The summed E-state index contributed by atoms with van der Waals surface area (Å²) in [5.41, 5.74) is 0. The maximum atomic E-state index is 11.7.